The number of fused-ring (bicyclic) bond motifs is 3. The molecule has 0 bridgehead atoms. The molecule has 0 amide bonds. The fraction of sp³-hybridized carbons (Fsp3) is 0.292. The van der Waals surface area contributed by atoms with Crippen LogP contribution < -0.4 is 19.9 Å². The number of halogens is 1. The molecule has 1 fully saturated rings. The maximum Gasteiger partial charge on any atom is 0.205 e. The fourth-order valence-electron chi connectivity index (χ4n) is 4.37. The van der Waals surface area contributed by atoms with Crippen LogP contribution >= 0.6 is 15.9 Å². The van der Waals surface area contributed by atoms with E-state index in [1.54, 1.807) is 14.2 Å². The number of nitrogens with zero attached hydrogens (tertiary/aromatic N) is 2. The Morgan fingerprint density at radius 2 is 2.03 bits per heavy atom. The highest BCUT2D eigenvalue weighted by Crippen LogP contribution is 2.48. The molecule has 2 aliphatic rings. The first-order chi connectivity index (χ1) is 15.0. The molecule has 0 radical (unpaired) electrons. The molecule has 1 aliphatic heterocycles. The van der Waals surface area contributed by atoms with E-state index in [0.29, 0.717) is 22.8 Å². The van der Waals surface area contributed by atoms with Crippen LogP contribution in [-0.4, -0.2) is 18.8 Å². The fourth-order valence-corrected chi connectivity index (χ4v) is 5.00. The third-order valence-electron chi connectivity index (χ3n) is 6.07. The third-order valence-corrected chi connectivity index (χ3v) is 6.66. The van der Waals surface area contributed by atoms with Gasteiger partial charge in [-0.25, -0.2) is 0 Å². The highest BCUT2D eigenvalue weighted by atomic mass is 79.9. The first kappa shape index (κ1) is 19.8. The lowest BCUT2D eigenvalue weighted by atomic mass is 9.83. The predicted octanol–water partition coefficient (Wildman–Crippen LogP) is 5.05. The van der Waals surface area contributed by atoms with Gasteiger partial charge < -0.3 is 24.5 Å². The van der Waals surface area contributed by atoms with Gasteiger partial charge in [0.1, 0.15) is 17.4 Å². The number of nitriles is 1. The number of aromatic nitrogens is 1. The standard InChI is InChI=1S/C24H22BrN3O3/c1-29-20-10-14(9-18(25)23(20)30-2)21-16-5-6-19-15(7-8-28(19)12-13-3-4-13)22(16)31-24(27)17(21)11-26/h5-10,13,21H,3-4,12,27H2,1-2H3. The summed E-state index contributed by atoms with van der Waals surface area (Å²) in [4.78, 5) is 0. The van der Waals surface area contributed by atoms with Gasteiger partial charge in [0.05, 0.1) is 30.1 Å². The van der Waals surface area contributed by atoms with Gasteiger partial charge in [0.15, 0.2) is 11.5 Å². The van der Waals surface area contributed by atoms with Crippen molar-refractivity contribution in [3.8, 4) is 23.3 Å². The summed E-state index contributed by atoms with van der Waals surface area (Å²) >= 11 is 3.56. The Hall–Kier alpha value is -3.11. The van der Waals surface area contributed by atoms with E-state index in [2.05, 4.69) is 44.9 Å². The van der Waals surface area contributed by atoms with Crippen molar-refractivity contribution >= 4 is 26.8 Å². The molecule has 2 heterocycles. The second-order valence-electron chi connectivity index (χ2n) is 7.99. The normalized spacial score (nSPS) is 17.8. The second-order valence-corrected chi connectivity index (χ2v) is 8.85. The van der Waals surface area contributed by atoms with Crippen molar-refractivity contribution in [2.24, 2.45) is 11.7 Å². The van der Waals surface area contributed by atoms with Gasteiger partial charge in [-0.2, -0.15) is 5.26 Å². The molecule has 158 valence electrons. The maximum absolute atomic E-state index is 9.90. The summed E-state index contributed by atoms with van der Waals surface area (Å²) in [6, 6.07) is 12.3. The van der Waals surface area contributed by atoms with Crippen molar-refractivity contribution in [3.63, 3.8) is 0 Å². The van der Waals surface area contributed by atoms with Crippen molar-refractivity contribution in [2.45, 2.75) is 25.3 Å². The summed E-state index contributed by atoms with van der Waals surface area (Å²) in [5, 5.41) is 10.9. The highest BCUT2D eigenvalue weighted by Gasteiger charge is 2.33. The van der Waals surface area contributed by atoms with Crippen molar-refractivity contribution in [3.05, 3.63) is 63.6 Å². The van der Waals surface area contributed by atoms with Crippen molar-refractivity contribution in [1.82, 2.24) is 4.57 Å². The van der Waals surface area contributed by atoms with E-state index >= 15 is 0 Å². The molecule has 0 spiro atoms. The maximum atomic E-state index is 9.90. The van der Waals surface area contributed by atoms with Gasteiger partial charge in [0, 0.05) is 23.7 Å². The molecule has 31 heavy (non-hydrogen) atoms. The zero-order valence-corrected chi connectivity index (χ0v) is 18.9. The zero-order chi connectivity index (χ0) is 21.7. The number of rotatable bonds is 5. The highest BCUT2D eigenvalue weighted by molar-refractivity contribution is 9.10. The topological polar surface area (TPSA) is 82.4 Å². The summed E-state index contributed by atoms with van der Waals surface area (Å²) in [6.45, 7) is 1.02. The van der Waals surface area contributed by atoms with Crippen LogP contribution in [0.25, 0.3) is 10.9 Å². The SMILES string of the molecule is COc1cc(C2C(C#N)=C(N)Oc3c2ccc2c3ccn2CC2CC2)cc(Br)c1OC. The van der Waals surface area contributed by atoms with E-state index in [1.807, 2.05) is 18.2 Å². The Kier molecular flexibility index (Phi) is 4.82. The largest absolute Gasteiger partial charge is 0.493 e. The minimum Gasteiger partial charge on any atom is -0.493 e. The minimum atomic E-state index is -0.374. The van der Waals surface area contributed by atoms with Crippen molar-refractivity contribution in [2.75, 3.05) is 14.2 Å². The average molecular weight is 480 g/mol. The summed E-state index contributed by atoms with van der Waals surface area (Å²) < 4.78 is 20.0. The van der Waals surface area contributed by atoms with E-state index in [-0.39, 0.29) is 11.8 Å². The second kappa shape index (κ2) is 7.54. The van der Waals surface area contributed by atoms with Gasteiger partial charge in [-0.05, 0) is 64.5 Å². The quantitative estimate of drug-likeness (QED) is 0.553. The molecule has 1 atom stereocenters. The molecule has 1 unspecified atom stereocenters. The molecule has 0 saturated heterocycles. The van der Waals surface area contributed by atoms with Crippen LogP contribution in [0.15, 0.2) is 52.5 Å². The predicted molar refractivity (Wildman–Crippen MR) is 121 cm³/mol. The minimum absolute atomic E-state index is 0.133. The molecule has 1 saturated carbocycles. The van der Waals surface area contributed by atoms with E-state index in [1.165, 1.54) is 12.8 Å². The Labute approximate surface area is 188 Å². The number of nitrogens with two attached hydrogens (primary N) is 1. The van der Waals surface area contributed by atoms with Crippen LogP contribution in [0.5, 0.6) is 17.2 Å². The lowest BCUT2D eigenvalue weighted by Gasteiger charge is -2.27. The molecular weight excluding hydrogens is 458 g/mol. The van der Waals surface area contributed by atoms with E-state index < -0.39 is 0 Å². The molecule has 7 heteroatoms. The summed E-state index contributed by atoms with van der Waals surface area (Å²) in [7, 11) is 3.18. The summed E-state index contributed by atoms with van der Waals surface area (Å²) in [5.41, 5.74) is 9.51. The van der Waals surface area contributed by atoms with Gasteiger partial charge in [-0.15, -0.1) is 0 Å². The first-order valence-electron chi connectivity index (χ1n) is 10.2. The molecule has 2 aromatic carbocycles. The van der Waals surface area contributed by atoms with Gasteiger partial charge >= 0.3 is 0 Å². The van der Waals surface area contributed by atoms with E-state index in [9.17, 15) is 5.26 Å². The molecule has 3 aromatic rings. The molecule has 1 aromatic heterocycles. The van der Waals surface area contributed by atoms with Crippen LogP contribution in [0.4, 0.5) is 0 Å². The van der Waals surface area contributed by atoms with E-state index in [0.717, 1.165) is 39.0 Å². The summed E-state index contributed by atoms with van der Waals surface area (Å²) in [5.74, 6) is 2.41. The van der Waals surface area contributed by atoms with Crippen molar-refractivity contribution in [1.29, 1.82) is 5.26 Å². The lowest BCUT2D eigenvalue weighted by molar-refractivity contribution is 0.352. The smallest absolute Gasteiger partial charge is 0.205 e. The van der Waals surface area contributed by atoms with Crippen molar-refractivity contribution < 1.29 is 14.2 Å². The van der Waals surface area contributed by atoms with Crippen LogP contribution in [0.1, 0.15) is 29.9 Å². The third kappa shape index (κ3) is 3.22. The summed E-state index contributed by atoms with van der Waals surface area (Å²) in [6.07, 6.45) is 4.69. The number of ether oxygens (including phenoxy) is 3. The number of benzene rings is 2. The van der Waals surface area contributed by atoms with Gasteiger partial charge in [-0.3, -0.25) is 0 Å². The monoisotopic (exact) mass is 479 g/mol. The number of methoxy groups -OCH3 is 2. The molecule has 1 aliphatic carbocycles. The zero-order valence-electron chi connectivity index (χ0n) is 17.3. The van der Waals surface area contributed by atoms with Gasteiger partial charge in [0.25, 0.3) is 0 Å². The van der Waals surface area contributed by atoms with Gasteiger partial charge in [-0.1, -0.05) is 6.07 Å². The van der Waals surface area contributed by atoms with Crippen LogP contribution in [0.2, 0.25) is 0 Å². The lowest BCUT2D eigenvalue weighted by Crippen LogP contribution is -2.21. The number of allylic oxidation sites excluding steroid dienone is 1. The average Bonchev–Trinajstić information content (AvgIpc) is 3.49. The van der Waals surface area contributed by atoms with Crippen LogP contribution in [-0.2, 0) is 6.54 Å². The molecule has 2 N–H and O–H groups in total. The van der Waals surface area contributed by atoms with Gasteiger partial charge in [0.2, 0.25) is 5.88 Å². The Bertz CT molecular complexity index is 1270. The number of hydrogen-bond acceptors (Lipinski definition) is 5. The van der Waals surface area contributed by atoms with E-state index in [4.69, 9.17) is 19.9 Å². The molecular formula is C24H22BrN3O3. The Morgan fingerprint density at radius 1 is 1.23 bits per heavy atom. The van der Waals surface area contributed by atoms with Crippen LogP contribution in [0, 0.1) is 17.2 Å². The Morgan fingerprint density at radius 3 is 2.71 bits per heavy atom. The number of hydrogen-bond donors (Lipinski definition) is 1. The first-order valence-corrected chi connectivity index (χ1v) is 11.0. The Balaban J connectivity index is 1.69. The molecule has 6 nitrogen and oxygen atoms in total. The van der Waals surface area contributed by atoms with Crippen LogP contribution in [0.3, 0.4) is 0 Å². The molecule has 5 rings (SSSR count).